The van der Waals surface area contributed by atoms with Crippen LogP contribution in [0.25, 0.3) is 0 Å². The molecule has 0 unspecified atom stereocenters. The van der Waals surface area contributed by atoms with Crippen LogP contribution in [0.5, 0.6) is 0 Å². The number of unbranched alkanes of at least 4 members (excludes halogenated alkanes) is 6. The first-order chi connectivity index (χ1) is 11.7. The molecule has 0 radical (unpaired) electrons. The Morgan fingerprint density at radius 1 is 0.840 bits per heavy atom. The van der Waals surface area contributed by atoms with Gasteiger partial charge in [-0.2, -0.15) is 0 Å². The molecule has 0 aromatic heterocycles. The smallest absolute Gasteiger partial charge is 0.305 e. The van der Waals surface area contributed by atoms with Gasteiger partial charge in [-0.05, 0) is 24.6 Å². The molecule has 150 valence electrons. The van der Waals surface area contributed by atoms with Crippen LogP contribution in [0.4, 0.5) is 0 Å². The molecule has 0 aromatic rings. The van der Waals surface area contributed by atoms with Crippen molar-refractivity contribution in [3.05, 3.63) is 0 Å². The molecule has 0 saturated carbocycles. The van der Waals surface area contributed by atoms with E-state index in [2.05, 4.69) is 40.8 Å². The Morgan fingerprint density at radius 2 is 1.40 bits per heavy atom. The quantitative estimate of drug-likeness (QED) is 0.209. The number of rotatable bonds is 15. The van der Waals surface area contributed by atoms with Crippen LogP contribution >= 0.6 is 0 Å². The fourth-order valence-corrected chi connectivity index (χ4v) is 3.21. The predicted octanol–water partition coefficient (Wildman–Crippen LogP) is 5.71. The van der Waals surface area contributed by atoms with E-state index >= 15 is 0 Å². The van der Waals surface area contributed by atoms with Crippen molar-refractivity contribution in [2.75, 3.05) is 26.4 Å². The number of carbonyl (C=O) groups excluding carboxylic acids is 1. The molecule has 0 spiro atoms. The van der Waals surface area contributed by atoms with Crippen molar-refractivity contribution >= 4 is 14.3 Å². The number of esters is 1. The summed E-state index contributed by atoms with van der Waals surface area (Å²) in [4.78, 5) is 11.6. The average Bonchev–Trinajstić information content (AvgIpc) is 2.52. The lowest BCUT2D eigenvalue weighted by Crippen LogP contribution is -2.41. The third-order valence-corrected chi connectivity index (χ3v) is 9.51. The van der Waals surface area contributed by atoms with Crippen LogP contribution in [0.3, 0.4) is 0 Å². The van der Waals surface area contributed by atoms with Gasteiger partial charge >= 0.3 is 5.97 Å². The highest BCUT2D eigenvalue weighted by atomic mass is 28.4. The molecule has 0 saturated heterocycles. The average molecular weight is 375 g/mol. The summed E-state index contributed by atoms with van der Waals surface area (Å²) in [6.07, 6.45) is 9.02. The molecule has 0 bridgehead atoms. The Kier molecular flexibility index (Phi) is 13.5. The Hall–Kier alpha value is -0.393. The van der Waals surface area contributed by atoms with E-state index in [1.807, 2.05) is 0 Å². The summed E-state index contributed by atoms with van der Waals surface area (Å²) in [6.45, 7) is 15.3. The van der Waals surface area contributed by atoms with E-state index in [1.54, 1.807) is 0 Å². The Labute approximate surface area is 157 Å². The van der Waals surface area contributed by atoms with Gasteiger partial charge in [0.15, 0.2) is 8.32 Å². The summed E-state index contributed by atoms with van der Waals surface area (Å²) in [7, 11) is -1.69. The molecule has 0 amide bonds. The zero-order chi connectivity index (χ0) is 19.2. The standard InChI is InChI=1S/C20H42O4Si/c1-7-8-9-10-11-12-13-14-19(21)23-17-15-22-16-18-24-25(5,6)20(2,3)4/h7-18H2,1-6H3. The first-order valence-corrected chi connectivity index (χ1v) is 13.0. The molecule has 0 aliphatic carbocycles. The van der Waals surface area contributed by atoms with Gasteiger partial charge in [0.05, 0.1) is 19.8 Å². The molecule has 0 aliphatic rings. The molecule has 0 rings (SSSR count). The summed E-state index contributed by atoms with van der Waals surface area (Å²) < 4.78 is 16.7. The number of ether oxygens (including phenoxy) is 2. The SMILES string of the molecule is CCCCCCCCCC(=O)OCCOCCO[Si](C)(C)C(C)(C)C. The molecular formula is C20H42O4Si. The van der Waals surface area contributed by atoms with E-state index in [-0.39, 0.29) is 11.0 Å². The minimum Gasteiger partial charge on any atom is -0.463 e. The number of hydrogen-bond donors (Lipinski definition) is 0. The molecule has 0 heterocycles. The third-order valence-electron chi connectivity index (χ3n) is 4.97. The van der Waals surface area contributed by atoms with Crippen molar-refractivity contribution in [2.24, 2.45) is 0 Å². The van der Waals surface area contributed by atoms with Gasteiger partial charge < -0.3 is 13.9 Å². The van der Waals surface area contributed by atoms with Crippen molar-refractivity contribution in [2.45, 2.75) is 97.2 Å². The van der Waals surface area contributed by atoms with Crippen LogP contribution in [-0.2, 0) is 18.7 Å². The molecule has 0 aliphatic heterocycles. The van der Waals surface area contributed by atoms with Crippen molar-refractivity contribution in [3.8, 4) is 0 Å². The Bertz CT molecular complexity index is 337. The molecular weight excluding hydrogens is 332 g/mol. The second-order valence-electron chi connectivity index (χ2n) is 8.31. The third kappa shape index (κ3) is 13.5. The van der Waals surface area contributed by atoms with Gasteiger partial charge in [0.25, 0.3) is 0 Å². The van der Waals surface area contributed by atoms with Crippen LogP contribution in [0.2, 0.25) is 18.1 Å². The minimum absolute atomic E-state index is 0.102. The summed E-state index contributed by atoms with van der Waals surface area (Å²) in [6, 6.07) is 0. The van der Waals surface area contributed by atoms with E-state index in [0.29, 0.717) is 32.8 Å². The van der Waals surface area contributed by atoms with E-state index in [1.165, 1.54) is 32.1 Å². The topological polar surface area (TPSA) is 44.8 Å². The lowest BCUT2D eigenvalue weighted by molar-refractivity contribution is -0.145. The van der Waals surface area contributed by atoms with Gasteiger partial charge in [-0.25, -0.2) is 0 Å². The highest BCUT2D eigenvalue weighted by Gasteiger charge is 2.36. The van der Waals surface area contributed by atoms with Crippen molar-refractivity contribution < 1.29 is 18.7 Å². The fourth-order valence-electron chi connectivity index (χ4n) is 2.19. The Balaban J connectivity index is 3.44. The van der Waals surface area contributed by atoms with E-state index < -0.39 is 8.32 Å². The predicted molar refractivity (Wildman–Crippen MR) is 108 cm³/mol. The maximum Gasteiger partial charge on any atom is 0.305 e. The summed E-state index contributed by atoms with van der Waals surface area (Å²) in [5, 5.41) is 0.221. The minimum atomic E-state index is -1.69. The molecule has 0 N–H and O–H groups in total. The zero-order valence-corrected chi connectivity index (χ0v) is 18.6. The lowest BCUT2D eigenvalue weighted by Gasteiger charge is -2.36. The molecule has 0 aromatic carbocycles. The number of carbonyl (C=O) groups is 1. The highest BCUT2D eigenvalue weighted by Crippen LogP contribution is 2.36. The van der Waals surface area contributed by atoms with Gasteiger partial charge in [-0.15, -0.1) is 0 Å². The zero-order valence-electron chi connectivity index (χ0n) is 17.6. The van der Waals surface area contributed by atoms with Crippen LogP contribution in [0.15, 0.2) is 0 Å². The maximum absolute atomic E-state index is 11.6. The van der Waals surface area contributed by atoms with Gasteiger partial charge in [0.2, 0.25) is 0 Å². The second kappa shape index (κ2) is 13.8. The Morgan fingerprint density at radius 3 is 2.00 bits per heavy atom. The molecule has 0 fully saturated rings. The molecule has 0 atom stereocenters. The lowest BCUT2D eigenvalue weighted by atomic mass is 10.1. The summed E-state index contributed by atoms with van der Waals surface area (Å²) in [5.41, 5.74) is 0. The molecule has 5 heteroatoms. The van der Waals surface area contributed by atoms with Crippen molar-refractivity contribution in [3.63, 3.8) is 0 Å². The maximum atomic E-state index is 11.6. The highest BCUT2D eigenvalue weighted by molar-refractivity contribution is 6.74. The number of hydrogen-bond acceptors (Lipinski definition) is 4. The van der Waals surface area contributed by atoms with Crippen LogP contribution < -0.4 is 0 Å². The van der Waals surface area contributed by atoms with Crippen molar-refractivity contribution in [1.29, 1.82) is 0 Å². The first-order valence-electron chi connectivity index (χ1n) is 10.1. The normalized spacial score (nSPS) is 12.4. The van der Waals surface area contributed by atoms with Gasteiger partial charge in [-0.1, -0.05) is 66.2 Å². The van der Waals surface area contributed by atoms with Crippen LogP contribution in [0.1, 0.15) is 79.1 Å². The van der Waals surface area contributed by atoms with Gasteiger partial charge in [-0.3, -0.25) is 4.79 Å². The van der Waals surface area contributed by atoms with E-state index in [4.69, 9.17) is 13.9 Å². The van der Waals surface area contributed by atoms with E-state index in [9.17, 15) is 4.79 Å². The van der Waals surface area contributed by atoms with E-state index in [0.717, 1.165) is 12.8 Å². The van der Waals surface area contributed by atoms with Crippen LogP contribution in [-0.4, -0.2) is 40.7 Å². The van der Waals surface area contributed by atoms with Crippen molar-refractivity contribution in [1.82, 2.24) is 0 Å². The van der Waals surface area contributed by atoms with Gasteiger partial charge in [0, 0.05) is 6.42 Å². The molecule has 4 nitrogen and oxygen atoms in total. The summed E-state index contributed by atoms with van der Waals surface area (Å²) >= 11 is 0. The first kappa shape index (κ1) is 24.6. The fraction of sp³-hybridized carbons (Fsp3) is 0.950. The largest absolute Gasteiger partial charge is 0.463 e. The molecule has 25 heavy (non-hydrogen) atoms. The monoisotopic (exact) mass is 374 g/mol. The van der Waals surface area contributed by atoms with Gasteiger partial charge in [0.1, 0.15) is 6.61 Å². The van der Waals surface area contributed by atoms with Crippen LogP contribution in [0, 0.1) is 0 Å². The second-order valence-corrected chi connectivity index (χ2v) is 13.1. The summed E-state index contributed by atoms with van der Waals surface area (Å²) in [5.74, 6) is -0.102.